The van der Waals surface area contributed by atoms with Crippen molar-refractivity contribution in [1.82, 2.24) is 0 Å². The molecule has 132 valence electrons. The van der Waals surface area contributed by atoms with Crippen LogP contribution >= 0.6 is 0 Å². The minimum Gasteiger partial charge on any atom is -0.0616 e. The molecule has 0 nitrogen and oxygen atoms in total. The van der Waals surface area contributed by atoms with Gasteiger partial charge in [0.2, 0.25) is 0 Å². The predicted molar refractivity (Wildman–Crippen MR) is 122 cm³/mol. The molecule has 6 aromatic rings. The lowest BCUT2D eigenvalue weighted by atomic mass is 9.95. The quantitative estimate of drug-likeness (QED) is 0.266. The van der Waals surface area contributed by atoms with Crippen LogP contribution in [0.1, 0.15) is 5.56 Å². The van der Waals surface area contributed by atoms with Crippen molar-refractivity contribution in [1.29, 1.82) is 0 Å². The number of hydrogen-bond donors (Lipinski definition) is 0. The highest BCUT2D eigenvalue weighted by Crippen LogP contribution is 2.33. The van der Waals surface area contributed by atoms with E-state index in [1.54, 1.807) is 0 Å². The fourth-order valence-electron chi connectivity index (χ4n) is 4.10. The Balaban J connectivity index is 0.000000128. The Hall–Kier alpha value is -3.38. The summed E-state index contributed by atoms with van der Waals surface area (Å²) in [5.74, 6) is 0. The van der Waals surface area contributed by atoms with Crippen LogP contribution in [-0.2, 0) is 6.42 Å². The van der Waals surface area contributed by atoms with Crippen molar-refractivity contribution < 1.29 is 0 Å². The first-order chi connectivity index (χ1) is 13.8. The van der Waals surface area contributed by atoms with Crippen LogP contribution in [0.5, 0.6) is 0 Å². The molecule has 0 atom stereocenters. The van der Waals surface area contributed by atoms with E-state index in [4.69, 9.17) is 0 Å². The van der Waals surface area contributed by atoms with Crippen molar-refractivity contribution >= 4 is 43.1 Å². The molecule has 0 heteroatoms. The normalized spacial score (nSPS) is 11.2. The maximum absolute atomic E-state index is 3.91. The summed E-state index contributed by atoms with van der Waals surface area (Å²) in [4.78, 5) is 0. The highest BCUT2D eigenvalue weighted by Gasteiger charge is 2.06. The molecule has 0 unspecified atom stereocenters. The molecule has 0 aliphatic heterocycles. The number of benzene rings is 6. The maximum atomic E-state index is 3.91. The van der Waals surface area contributed by atoms with Crippen LogP contribution in [0.25, 0.3) is 43.1 Å². The van der Waals surface area contributed by atoms with E-state index in [0.29, 0.717) is 0 Å². The van der Waals surface area contributed by atoms with Gasteiger partial charge in [0.1, 0.15) is 0 Å². The molecule has 0 heterocycles. The lowest BCUT2D eigenvalue weighted by Crippen LogP contribution is -1.82. The molecule has 0 saturated carbocycles. The minimum absolute atomic E-state index is 0.862. The molecule has 2 radical (unpaired) electrons. The summed E-state index contributed by atoms with van der Waals surface area (Å²) >= 11 is 0. The van der Waals surface area contributed by atoms with Gasteiger partial charge in [-0.2, -0.15) is 0 Å². The molecule has 0 fully saturated rings. The molecule has 6 aromatic carbocycles. The summed E-state index contributed by atoms with van der Waals surface area (Å²) in [6, 6.07) is 37.4. The number of hydrogen-bond acceptors (Lipinski definition) is 0. The van der Waals surface area contributed by atoms with E-state index in [1.807, 2.05) is 6.07 Å². The Kier molecular flexibility index (Phi) is 4.18. The second kappa shape index (κ2) is 6.98. The van der Waals surface area contributed by atoms with Crippen molar-refractivity contribution in [3.05, 3.63) is 116 Å². The molecule has 0 aromatic heterocycles. The van der Waals surface area contributed by atoms with Gasteiger partial charge in [-0.15, -0.1) is 0 Å². The summed E-state index contributed by atoms with van der Waals surface area (Å²) in [6.45, 7) is 3.91. The topological polar surface area (TPSA) is 0 Å². The van der Waals surface area contributed by atoms with Gasteiger partial charge in [0.05, 0.1) is 0 Å². The van der Waals surface area contributed by atoms with Gasteiger partial charge in [-0.1, -0.05) is 97.1 Å². The third-order valence-electron chi connectivity index (χ3n) is 5.46. The van der Waals surface area contributed by atoms with Crippen LogP contribution < -0.4 is 0 Å². The van der Waals surface area contributed by atoms with E-state index in [1.165, 1.54) is 48.7 Å². The first kappa shape index (κ1) is 16.8. The van der Waals surface area contributed by atoms with Crippen LogP contribution in [0.15, 0.2) is 97.1 Å². The largest absolute Gasteiger partial charge is 0.0616 e. The molecular weight excluding hydrogens is 336 g/mol. The average molecular weight is 356 g/mol. The minimum atomic E-state index is 0.862. The van der Waals surface area contributed by atoms with E-state index in [-0.39, 0.29) is 0 Å². The van der Waals surface area contributed by atoms with Gasteiger partial charge in [-0.3, -0.25) is 0 Å². The van der Waals surface area contributed by atoms with Crippen molar-refractivity contribution in [3.63, 3.8) is 0 Å². The van der Waals surface area contributed by atoms with Crippen LogP contribution in [0.4, 0.5) is 0 Å². The van der Waals surface area contributed by atoms with Gasteiger partial charge >= 0.3 is 0 Å². The highest BCUT2D eigenvalue weighted by molar-refractivity contribution is 6.22. The second-order valence-corrected chi connectivity index (χ2v) is 7.09. The average Bonchev–Trinajstić information content (AvgIpc) is 2.78. The van der Waals surface area contributed by atoms with E-state index in [9.17, 15) is 0 Å². The second-order valence-electron chi connectivity index (χ2n) is 7.09. The van der Waals surface area contributed by atoms with Crippen molar-refractivity contribution in [3.8, 4) is 0 Å². The van der Waals surface area contributed by atoms with Gasteiger partial charge in [0, 0.05) is 0 Å². The molecule has 0 bridgehead atoms. The summed E-state index contributed by atoms with van der Waals surface area (Å²) in [5, 5.41) is 10.5. The smallest absolute Gasteiger partial charge is 0.00206 e. The lowest BCUT2D eigenvalue weighted by Gasteiger charge is -2.09. The molecule has 0 saturated heterocycles. The van der Waals surface area contributed by atoms with Crippen LogP contribution in [0.2, 0.25) is 0 Å². The van der Waals surface area contributed by atoms with Gasteiger partial charge in [0.25, 0.3) is 0 Å². The van der Waals surface area contributed by atoms with Gasteiger partial charge in [-0.25, -0.2) is 0 Å². The van der Waals surface area contributed by atoms with E-state index in [2.05, 4.69) is 104 Å². The van der Waals surface area contributed by atoms with Crippen LogP contribution in [0.3, 0.4) is 0 Å². The van der Waals surface area contributed by atoms with E-state index in [0.717, 1.165) is 6.42 Å². The number of fused-ring (bicyclic) bond motifs is 1. The predicted octanol–water partition coefficient (Wildman–Crippen LogP) is 7.60. The zero-order valence-corrected chi connectivity index (χ0v) is 15.7. The monoisotopic (exact) mass is 356 g/mol. The summed E-state index contributed by atoms with van der Waals surface area (Å²) in [5.41, 5.74) is 1.33. The van der Waals surface area contributed by atoms with Gasteiger partial charge in [0.15, 0.2) is 0 Å². The molecule has 28 heavy (non-hydrogen) atoms. The Morgan fingerprint density at radius 1 is 0.571 bits per heavy atom. The van der Waals surface area contributed by atoms with E-state index < -0.39 is 0 Å². The van der Waals surface area contributed by atoms with Crippen LogP contribution in [0, 0.1) is 13.0 Å². The zero-order chi connectivity index (χ0) is 18.9. The summed E-state index contributed by atoms with van der Waals surface area (Å²) in [6.07, 6.45) is 0.862. The number of rotatable bonds is 1. The Morgan fingerprint density at radius 3 is 2.04 bits per heavy atom. The molecule has 0 spiro atoms. The summed E-state index contributed by atoms with van der Waals surface area (Å²) in [7, 11) is 0. The third-order valence-corrected chi connectivity index (χ3v) is 5.46. The molecular formula is C28H20. The molecule has 0 aliphatic carbocycles. The summed E-state index contributed by atoms with van der Waals surface area (Å²) < 4.78 is 0. The third kappa shape index (κ3) is 2.78. The highest BCUT2D eigenvalue weighted by atomic mass is 14.1. The fraction of sp³-hybridized carbons (Fsp3) is 0.0357. The molecule has 0 aliphatic rings. The Bertz CT molecular complexity index is 1260. The molecule has 0 N–H and O–H groups in total. The van der Waals surface area contributed by atoms with Crippen molar-refractivity contribution in [2.45, 2.75) is 6.42 Å². The Morgan fingerprint density at radius 2 is 1.21 bits per heavy atom. The fourth-order valence-corrected chi connectivity index (χ4v) is 4.10. The first-order valence-corrected chi connectivity index (χ1v) is 9.65. The Labute approximate surface area is 165 Å². The SMILES string of the molecule is [CH2]Cc1cccc2ccccc12.[c]1ccc2ccc3cccc4ccc1c2c43. The lowest BCUT2D eigenvalue weighted by molar-refractivity contribution is 1.30. The first-order valence-electron chi connectivity index (χ1n) is 9.65. The molecule has 0 amide bonds. The zero-order valence-electron chi connectivity index (χ0n) is 15.7. The van der Waals surface area contributed by atoms with E-state index >= 15 is 0 Å². The van der Waals surface area contributed by atoms with Crippen LogP contribution in [-0.4, -0.2) is 0 Å². The standard InChI is InChI=1S/C16H9.C12H11/c1-3-11-7-9-13-5-2-6-14-10-8-12(4-1)15(11)16(13)14;1-2-10-7-5-8-11-6-3-4-9-12(10)11/h1-5,7-10H;3-9H,1-2H2. The maximum Gasteiger partial charge on any atom is -0.00206 e. The van der Waals surface area contributed by atoms with Crippen molar-refractivity contribution in [2.24, 2.45) is 0 Å². The van der Waals surface area contributed by atoms with Crippen molar-refractivity contribution in [2.75, 3.05) is 0 Å². The van der Waals surface area contributed by atoms with Gasteiger partial charge in [-0.05, 0) is 68.1 Å². The molecule has 6 rings (SSSR count). The van der Waals surface area contributed by atoms with Gasteiger partial charge < -0.3 is 0 Å².